The summed E-state index contributed by atoms with van der Waals surface area (Å²) in [6.07, 6.45) is 6.51. The summed E-state index contributed by atoms with van der Waals surface area (Å²) in [5.41, 5.74) is 0.634. The molecule has 0 fully saturated rings. The normalized spacial score (nSPS) is 14.0. The van der Waals surface area contributed by atoms with Crippen LogP contribution in [-0.2, 0) is 4.79 Å². The van der Waals surface area contributed by atoms with Crippen LogP contribution in [-0.4, -0.2) is 11.6 Å². The van der Waals surface area contributed by atoms with Crippen LogP contribution in [0.2, 0.25) is 0 Å². The minimum Gasteiger partial charge on any atom is -0.299 e. The van der Waals surface area contributed by atoms with E-state index in [1.54, 1.807) is 12.1 Å². The average Bonchev–Trinajstić information content (AvgIpc) is 2.69. The topological polar surface area (TPSA) is 34.1 Å². The molecular formula is C24H33BrO2. The first kappa shape index (κ1) is 23.6. The first-order valence-corrected chi connectivity index (χ1v) is 11.1. The highest BCUT2D eigenvalue weighted by Crippen LogP contribution is 2.29. The zero-order chi connectivity index (χ0) is 20.2. The molecule has 0 spiro atoms. The second-order valence-corrected chi connectivity index (χ2v) is 8.10. The first-order chi connectivity index (χ1) is 13.0. The Hall–Kier alpha value is -1.40. The van der Waals surface area contributed by atoms with E-state index in [-0.39, 0.29) is 11.7 Å². The fourth-order valence-electron chi connectivity index (χ4n) is 3.65. The monoisotopic (exact) mass is 432 g/mol. The molecule has 1 rings (SSSR count). The Labute approximate surface area is 173 Å². The minimum atomic E-state index is -0.120. The van der Waals surface area contributed by atoms with Gasteiger partial charge in [-0.2, -0.15) is 0 Å². The molecule has 3 atom stereocenters. The molecule has 0 aliphatic carbocycles. The van der Waals surface area contributed by atoms with Crippen molar-refractivity contribution >= 4 is 27.5 Å². The maximum atomic E-state index is 12.2. The van der Waals surface area contributed by atoms with Crippen LogP contribution in [0.5, 0.6) is 0 Å². The van der Waals surface area contributed by atoms with E-state index in [0.717, 1.165) is 43.0 Å². The van der Waals surface area contributed by atoms with Gasteiger partial charge in [0.05, 0.1) is 0 Å². The van der Waals surface area contributed by atoms with Gasteiger partial charge >= 0.3 is 0 Å². The molecule has 0 N–H and O–H groups in total. The number of carbonyl (C=O) groups is 2. The number of carbonyl (C=O) groups excluding carboxylic acids is 2. The molecule has 0 amide bonds. The maximum Gasteiger partial charge on any atom is 0.235 e. The Balaban J connectivity index is 2.66. The van der Waals surface area contributed by atoms with Crippen LogP contribution < -0.4 is 0 Å². The SMILES string of the molecule is CCC(=O)C(CC)CCC(CC)C(CC)CC#CC(=O)c1ccc(Br)cc1. The predicted molar refractivity (Wildman–Crippen MR) is 117 cm³/mol. The lowest BCUT2D eigenvalue weighted by Gasteiger charge is -2.25. The second-order valence-electron chi connectivity index (χ2n) is 7.18. The zero-order valence-corrected chi connectivity index (χ0v) is 18.8. The van der Waals surface area contributed by atoms with E-state index in [4.69, 9.17) is 0 Å². The van der Waals surface area contributed by atoms with Crippen molar-refractivity contribution < 1.29 is 9.59 Å². The van der Waals surface area contributed by atoms with E-state index in [1.807, 2.05) is 19.1 Å². The van der Waals surface area contributed by atoms with Crippen LogP contribution in [0, 0.1) is 29.6 Å². The van der Waals surface area contributed by atoms with E-state index >= 15 is 0 Å². The number of hydrogen-bond acceptors (Lipinski definition) is 2. The highest BCUT2D eigenvalue weighted by Gasteiger charge is 2.21. The van der Waals surface area contributed by atoms with Crippen LogP contribution in [0.15, 0.2) is 28.7 Å². The maximum absolute atomic E-state index is 12.2. The van der Waals surface area contributed by atoms with E-state index in [0.29, 0.717) is 29.6 Å². The van der Waals surface area contributed by atoms with Gasteiger partial charge in [-0.25, -0.2) is 0 Å². The van der Waals surface area contributed by atoms with Gasteiger partial charge in [0.15, 0.2) is 0 Å². The van der Waals surface area contributed by atoms with Crippen molar-refractivity contribution in [1.29, 1.82) is 0 Å². The van der Waals surface area contributed by atoms with Gasteiger partial charge in [-0.3, -0.25) is 9.59 Å². The quantitative estimate of drug-likeness (QED) is 0.217. The molecule has 3 unspecified atom stereocenters. The van der Waals surface area contributed by atoms with Crippen molar-refractivity contribution in [3.63, 3.8) is 0 Å². The molecule has 148 valence electrons. The molecule has 27 heavy (non-hydrogen) atoms. The molecule has 0 saturated carbocycles. The molecule has 0 aliphatic rings. The average molecular weight is 433 g/mol. The highest BCUT2D eigenvalue weighted by atomic mass is 79.9. The first-order valence-electron chi connectivity index (χ1n) is 10.3. The van der Waals surface area contributed by atoms with E-state index in [1.165, 1.54) is 0 Å². The van der Waals surface area contributed by atoms with Crippen molar-refractivity contribution in [3.8, 4) is 11.8 Å². The number of hydrogen-bond donors (Lipinski definition) is 0. The molecule has 2 nitrogen and oxygen atoms in total. The van der Waals surface area contributed by atoms with Gasteiger partial charge in [-0.05, 0) is 61.3 Å². The molecule has 0 bridgehead atoms. The summed E-state index contributed by atoms with van der Waals surface area (Å²) in [7, 11) is 0. The molecule has 1 aromatic rings. The number of halogens is 1. The van der Waals surface area contributed by atoms with Crippen LogP contribution >= 0.6 is 15.9 Å². The van der Waals surface area contributed by atoms with Crippen LogP contribution in [0.4, 0.5) is 0 Å². The molecule has 0 radical (unpaired) electrons. The summed E-state index contributed by atoms with van der Waals surface area (Å²) in [6, 6.07) is 7.31. The van der Waals surface area contributed by atoms with Crippen molar-refractivity contribution in [2.75, 3.05) is 0 Å². The lowest BCUT2D eigenvalue weighted by atomic mass is 9.80. The van der Waals surface area contributed by atoms with Crippen molar-refractivity contribution in [1.82, 2.24) is 0 Å². The minimum absolute atomic E-state index is 0.120. The lowest BCUT2D eigenvalue weighted by molar-refractivity contribution is -0.123. The van der Waals surface area contributed by atoms with Gasteiger partial charge in [-0.1, -0.05) is 62.4 Å². The summed E-state index contributed by atoms with van der Waals surface area (Å²) >= 11 is 3.37. The third kappa shape index (κ3) is 8.01. The molecule has 3 heteroatoms. The third-order valence-electron chi connectivity index (χ3n) is 5.57. The van der Waals surface area contributed by atoms with E-state index in [9.17, 15) is 9.59 Å². The van der Waals surface area contributed by atoms with E-state index in [2.05, 4.69) is 48.5 Å². The Morgan fingerprint density at radius 2 is 1.56 bits per heavy atom. The van der Waals surface area contributed by atoms with Crippen LogP contribution in [0.25, 0.3) is 0 Å². The highest BCUT2D eigenvalue weighted by molar-refractivity contribution is 9.10. The van der Waals surface area contributed by atoms with Crippen LogP contribution in [0.3, 0.4) is 0 Å². The summed E-state index contributed by atoms with van der Waals surface area (Å²) in [5.74, 6) is 7.44. The predicted octanol–water partition coefficient (Wildman–Crippen LogP) is 6.86. The van der Waals surface area contributed by atoms with Crippen molar-refractivity contribution in [2.24, 2.45) is 17.8 Å². The zero-order valence-electron chi connectivity index (χ0n) is 17.2. The Morgan fingerprint density at radius 1 is 0.926 bits per heavy atom. The molecule has 1 aromatic carbocycles. The summed E-state index contributed by atoms with van der Waals surface area (Å²) in [4.78, 5) is 24.2. The van der Waals surface area contributed by atoms with Gasteiger partial charge < -0.3 is 0 Å². The largest absolute Gasteiger partial charge is 0.299 e. The fraction of sp³-hybridized carbons (Fsp3) is 0.583. The van der Waals surface area contributed by atoms with Gasteiger partial charge in [0.25, 0.3) is 0 Å². The molecule has 0 aliphatic heterocycles. The number of Topliss-reactive ketones (excluding diaryl/α,β-unsaturated/α-hetero) is 2. The fourth-order valence-corrected chi connectivity index (χ4v) is 3.91. The van der Waals surface area contributed by atoms with Gasteiger partial charge in [-0.15, -0.1) is 0 Å². The number of benzene rings is 1. The lowest BCUT2D eigenvalue weighted by Crippen LogP contribution is -2.18. The molecule has 0 heterocycles. The smallest absolute Gasteiger partial charge is 0.235 e. The summed E-state index contributed by atoms with van der Waals surface area (Å²) < 4.78 is 0.954. The van der Waals surface area contributed by atoms with Gasteiger partial charge in [0.2, 0.25) is 5.78 Å². The summed E-state index contributed by atoms with van der Waals surface area (Å²) in [6.45, 7) is 8.47. The van der Waals surface area contributed by atoms with E-state index < -0.39 is 0 Å². The Kier molecular flexibility index (Phi) is 11.3. The second kappa shape index (κ2) is 12.9. The van der Waals surface area contributed by atoms with Crippen molar-refractivity contribution in [2.45, 2.75) is 72.6 Å². The number of rotatable bonds is 11. The molecular weight excluding hydrogens is 400 g/mol. The Morgan fingerprint density at radius 3 is 2.07 bits per heavy atom. The standard InChI is InChI=1S/C24H33BrO2/c1-5-18(19(6-2)12-13-20(7-3)23(26)8-4)10-9-11-24(27)21-14-16-22(25)17-15-21/h14-20H,5-8,10,12-13H2,1-4H3. The molecule has 0 aromatic heterocycles. The Bertz CT molecular complexity index is 651. The van der Waals surface area contributed by atoms with Crippen LogP contribution in [0.1, 0.15) is 83.0 Å². The van der Waals surface area contributed by atoms with Gasteiger partial charge in [0.1, 0.15) is 5.78 Å². The summed E-state index contributed by atoms with van der Waals surface area (Å²) in [5, 5.41) is 0. The third-order valence-corrected chi connectivity index (χ3v) is 6.10. The number of ketones is 2. The van der Waals surface area contributed by atoms with Gasteiger partial charge in [0, 0.05) is 28.8 Å². The van der Waals surface area contributed by atoms with Crippen molar-refractivity contribution in [3.05, 3.63) is 34.3 Å². The molecule has 0 saturated heterocycles.